The standard InChI is InChI=1S/C16H16N2O2S/c1-10-11(2)21-15(17-10)9-18-8-12(7-16(19)20)13-5-3-4-6-14(13)18/h3-6,8H,7,9H2,1-2H3,(H,19,20). The van der Waals surface area contributed by atoms with Crippen molar-refractivity contribution in [2.75, 3.05) is 0 Å². The molecular formula is C16H16N2O2S. The van der Waals surface area contributed by atoms with Crippen LogP contribution < -0.4 is 0 Å². The van der Waals surface area contributed by atoms with Crippen LogP contribution in [0.4, 0.5) is 0 Å². The van der Waals surface area contributed by atoms with Gasteiger partial charge in [0, 0.05) is 22.0 Å². The second kappa shape index (κ2) is 5.33. The average molecular weight is 300 g/mol. The SMILES string of the molecule is Cc1nc(Cn2cc(CC(=O)O)c3ccccc32)sc1C. The Labute approximate surface area is 126 Å². The molecule has 5 heteroatoms. The predicted octanol–water partition coefficient (Wildman–Crippen LogP) is 3.39. The van der Waals surface area contributed by atoms with E-state index in [-0.39, 0.29) is 6.42 Å². The van der Waals surface area contributed by atoms with E-state index in [0.717, 1.165) is 27.2 Å². The first-order valence-electron chi connectivity index (χ1n) is 6.76. The number of aromatic nitrogens is 2. The largest absolute Gasteiger partial charge is 0.481 e. The van der Waals surface area contributed by atoms with Crippen LogP contribution in [0.1, 0.15) is 21.1 Å². The Hall–Kier alpha value is -2.14. The lowest BCUT2D eigenvalue weighted by molar-refractivity contribution is -0.136. The fourth-order valence-corrected chi connectivity index (χ4v) is 3.44. The molecule has 0 radical (unpaired) electrons. The van der Waals surface area contributed by atoms with E-state index in [0.29, 0.717) is 6.54 Å². The minimum atomic E-state index is -0.807. The third-order valence-electron chi connectivity index (χ3n) is 3.59. The van der Waals surface area contributed by atoms with Gasteiger partial charge in [-0.2, -0.15) is 0 Å². The van der Waals surface area contributed by atoms with Gasteiger partial charge in [-0.1, -0.05) is 18.2 Å². The third-order valence-corrected chi connectivity index (χ3v) is 4.65. The van der Waals surface area contributed by atoms with Crippen molar-refractivity contribution in [1.82, 2.24) is 9.55 Å². The van der Waals surface area contributed by atoms with E-state index < -0.39 is 5.97 Å². The van der Waals surface area contributed by atoms with Gasteiger partial charge >= 0.3 is 5.97 Å². The van der Waals surface area contributed by atoms with Gasteiger partial charge in [-0.3, -0.25) is 4.79 Å². The average Bonchev–Trinajstić information content (AvgIpc) is 2.92. The lowest BCUT2D eigenvalue weighted by Gasteiger charge is -2.01. The molecule has 0 saturated carbocycles. The molecule has 108 valence electrons. The zero-order valence-electron chi connectivity index (χ0n) is 12.0. The fourth-order valence-electron chi connectivity index (χ4n) is 2.51. The zero-order valence-corrected chi connectivity index (χ0v) is 12.8. The summed E-state index contributed by atoms with van der Waals surface area (Å²) in [4.78, 5) is 16.8. The highest BCUT2D eigenvalue weighted by Gasteiger charge is 2.12. The molecule has 3 aromatic rings. The normalized spacial score (nSPS) is 11.1. The van der Waals surface area contributed by atoms with Gasteiger partial charge in [0.05, 0.1) is 18.7 Å². The number of hydrogen-bond acceptors (Lipinski definition) is 3. The number of carboxylic acids is 1. The molecule has 2 aromatic heterocycles. The first-order chi connectivity index (χ1) is 10.0. The van der Waals surface area contributed by atoms with E-state index in [1.807, 2.05) is 37.4 Å². The van der Waals surface area contributed by atoms with Crippen LogP contribution in [0.3, 0.4) is 0 Å². The maximum atomic E-state index is 11.0. The maximum absolute atomic E-state index is 11.0. The second-order valence-electron chi connectivity index (χ2n) is 5.12. The molecule has 1 N–H and O–H groups in total. The molecule has 0 bridgehead atoms. The Balaban J connectivity index is 2.03. The molecular weight excluding hydrogens is 284 g/mol. The lowest BCUT2D eigenvalue weighted by atomic mass is 10.1. The summed E-state index contributed by atoms with van der Waals surface area (Å²) in [6, 6.07) is 7.91. The van der Waals surface area contributed by atoms with Crippen molar-refractivity contribution in [3.63, 3.8) is 0 Å². The zero-order chi connectivity index (χ0) is 15.0. The minimum Gasteiger partial charge on any atom is -0.481 e. The summed E-state index contributed by atoms with van der Waals surface area (Å²) in [5.41, 5.74) is 2.97. The smallest absolute Gasteiger partial charge is 0.307 e. The van der Waals surface area contributed by atoms with E-state index in [1.165, 1.54) is 4.88 Å². The van der Waals surface area contributed by atoms with Gasteiger partial charge in [0.15, 0.2) is 0 Å². The van der Waals surface area contributed by atoms with Crippen LogP contribution in [0.5, 0.6) is 0 Å². The van der Waals surface area contributed by atoms with Crippen LogP contribution in [-0.2, 0) is 17.8 Å². The molecule has 0 atom stereocenters. The van der Waals surface area contributed by atoms with Crippen molar-refractivity contribution in [2.24, 2.45) is 0 Å². The number of nitrogens with zero attached hydrogens (tertiary/aromatic N) is 2. The van der Waals surface area contributed by atoms with Crippen LogP contribution in [0, 0.1) is 13.8 Å². The third kappa shape index (κ3) is 2.69. The van der Waals surface area contributed by atoms with E-state index in [9.17, 15) is 4.79 Å². The van der Waals surface area contributed by atoms with Crippen molar-refractivity contribution in [2.45, 2.75) is 26.8 Å². The molecule has 0 unspecified atom stereocenters. The Morgan fingerprint density at radius 1 is 1.33 bits per heavy atom. The Morgan fingerprint density at radius 2 is 2.10 bits per heavy atom. The molecule has 0 spiro atoms. The van der Waals surface area contributed by atoms with Gasteiger partial charge < -0.3 is 9.67 Å². The molecule has 0 aliphatic heterocycles. The van der Waals surface area contributed by atoms with Gasteiger partial charge in [-0.25, -0.2) is 4.98 Å². The van der Waals surface area contributed by atoms with Gasteiger partial charge in [0.25, 0.3) is 0 Å². The van der Waals surface area contributed by atoms with Crippen LogP contribution in [-0.4, -0.2) is 20.6 Å². The number of hydrogen-bond donors (Lipinski definition) is 1. The second-order valence-corrected chi connectivity index (χ2v) is 6.41. The predicted molar refractivity (Wildman–Crippen MR) is 84.0 cm³/mol. The molecule has 3 rings (SSSR count). The van der Waals surface area contributed by atoms with Crippen LogP contribution in [0.15, 0.2) is 30.5 Å². The van der Waals surface area contributed by atoms with Crippen molar-refractivity contribution < 1.29 is 9.90 Å². The summed E-state index contributed by atoms with van der Waals surface area (Å²) in [6.45, 7) is 4.76. The molecule has 2 heterocycles. The summed E-state index contributed by atoms with van der Waals surface area (Å²) in [5.74, 6) is -0.807. The van der Waals surface area contributed by atoms with Gasteiger partial charge in [-0.15, -0.1) is 11.3 Å². The highest BCUT2D eigenvalue weighted by atomic mass is 32.1. The number of thiazole rings is 1. The van der Waals surface area contributed by atoms with Crippen LogP contribution in [0.25, 0.3) is 10.9 Å². The number of fused-ring (bicyclic) bond motifs is 1. The maximum Gasteiger partial charge on any atom is 0.307 e. The molecule has 0 aliphatic rings. The Bertz CT molecular complexity index is 797. The topological polar surface area (TPSA) is 55.1 Å². The molecule has 0 amide bonds. The number of aliphatic carboxylic acids is 1. The van der Waals surface area contributed by atoms with Gasteiger partial charge in [-0.05, 0) is 25.5 Å². The molecule has 0 aliphatic carbocycles. The quantitative estimate of drug-likeness (QED) is 0.803. The highest BCUT2D eigenvalue weighted by molar-refractivity contribution is 7.11. The van der Waals surface area contributed by atoms with Crippen molar-refractivity contribution in [3.05, 3.63) is 51.6 Å². The number of rotatable bonds is 4. The molecule has 4 nitrogen and oxygen atoms in total. The van der Waals surface area contributed by atoms with Crippen molar-refractivity contribution in [1.29, 1.82) is 0 Å². The Morgan fingerprint density at radius 3 is 2.76 bits per heavy atom. The van der Waals surface area contributed by atoms with E-state index >= 15 is 0 Å². The molecule has 0 saturated heterocycles. The number of benzene rings is 1. The highest BCUT2D eigenvalue weighted by Crippen LogP contribution is 2.24. The molecule has 1 aromatic carbocycles. The number of carbonyl (C=O) groups is 1. The Kier molecular flexibility index (Phi) is 3.51. The number of aryl methyl sites for hydroxylation is 2. The van der Waals surface area contributed by atoms with E-state index in [2.05, 4.69) is 16.5 Å². The fraction of sp³-hybridized carbons (Fsp3) is 0.250. The monoisotopic (exact) mass is 300 g/mol. The van der Waals surface area contributed by atoms with Crippen LogP contribution in [0.2, 0.25) is 0 Å². The number of carboxylic acid groups (broad SMARTS) is 1. The van der Waals surface area contributed by atoms with Crippen LogP contribution >= 0.6 is 11.3 Å². The minimum absolute atomic E-state index is 0.0451. The van der Waals surface area contributed by atoms with Gasteiger partial charge in [0.1, 0.15) is 5.01 Å². The molecule has 21 heavy (non-hydrogen) atoms. The van der Waals surface area contributed by atoms with Crippen molar-refractivity contribution >= 4 is 28.2 Å². The first kappa shape index (κ1) is 13.8. The number of para-hydroxylation sites is 1. The van der Waals surface area contributed by atoms with Crippen molar-refractivity contribution in [3.8, 4) is 0 Å². The van der Waals surface area contributed by atoms with Gasteiger partial charge in [0.2, 0.25) is 0 Å². The summed E-state index contributed by atoms with van der Waals surface area (Å²) in [6.07, 6.45) is 1.98. The lowest BCUT2D eigenvalue weighted by Crippen LogP contribution is -2.00. The summed E-state index contributed by atoms with van der Waals surface area (Å²) < 4.78 is 2.09. The first-order valence-corrected chi connectivity index (χ1v) is 7.57. The summed E-state index contributed by atoms with van der Waals surface area (Å²) in [5, 5.41) is 11.1. The van der Waals surface area contributed by atoms with E-state index in [1.54, 1.807) is 11.3 Å². The summed E-state index contributed by atoms with van der Waals surface area (Å²) in [7, 11) is 0. The molecule has 0 fully saturated rings. The van der Waals surface area contributed by atoms with E-state index in [4.69, 9.17) is 5.11 Å². The summed E-state index contributed by atoms with van der Waals surface area (Å²) >= 11 is 1.69.